The summed E-state index contributed by atoms with van der Waals surface area (Å²) in [4.78, 5) is 48.8. The Balaban J connectivity index is 1.55. The number of aryl methyl sites for hydroxylation is 1. The van der Waals surface area contributed by atoms with Crippen molar-refractivity contribution in [3.63, 3.8) is 0 Å². The monoisotopic (exact) mass is 373 g/mol. The maximum Gasteiger partial charge on any atom is 0.344 e. The quantitative estimate of drug-likeness (QED) is 0.617. The van der Waals surface area contributed by atoms with Gasteiger partial charge in [-0.25, -0.2) is 9.59 Å². The van der Waals surface area contributed by atoms with Crippen molar-refractivity contribution in [1.82, 2.24) is 15.8 Å². The molecule has 1 spiro atoms. The van der Waals surface area contributed by atoms with Crippen LogP contribution in [0.15, 0.2) is 24.3 Å². The van der Waals surface area contributed by atoms with Crippen molar-refractivity contribution in [2.24, 2.45) is 5.92 Å². The average Bonchev–Trinajstić information content (AvgIpc) is 2.86. The number of imide groups is 1. The van der Waals surface area contributed by atoms with E-state index < -0.39 is 36.0 Å². The van der Waals surface area contributed by atoms with Gasteiger partial charge in [0.05, 0.1) is 5.56 Å². The maximum absolute atomic E-state index is 12.7. The van der Waals surface area contributed by atoms with Crippen LogP contribution in [0.25, 0.3) is 0 Å². The summed E-state index contributed by atoms with van der Waals surface area (Å²) >= 11 is 0. The number of amides is 4. The number of esters is 1. The molecule has 2 N–H and O–H groups in total. The Morgan fingerprint density at radius 3 is 2.67 bits per heavy atom. The smallest absolute Gasteiger partial charge is 0.344 e. The van der Waals surface area contributed by atoms with Crippen LogP contribution in [0.5, 0.6) is 0 Å². The Morgan fingerprint density at radius 1 is 1.30 bits per heavy atom. The molecule has 1 aromatic rings. The highest BCUT2D eigenvalue weighted by Gasteiger charge is 2.52. The number of nitrogens with zero attached hydrogens (tertiary/aromatic N) is 1. The number of hydrogen-bond acceptors (Lipinski definition) is 5. The zero-order valence-corrected chi connectivity index (χ0v) is 15.4. The lowest BCUT2D eigenvalue weighted by Crippen LogP contribution is -2.52. The van der Waals surface area contributed by atoms with Crippen molar-refractivity contribution in [1.29, 1.82) is 0 Å². The molecule has 0 radical (unpaired) electrons. The Morgan fingerprint density at radius 2 is 2.00 bits per heavy atom. The molecule has 0 bridgehead atoms. The van der Waals surface area contributed by atoms with Gasteiger partial charge in [0.2, 0.25) is 0 Å². The standard InChI is InChI=1S/C19H23N3O5/c1-12-6-8-19(9-7-12)17(25)22(18(26)20-19)21-15(23)11-27-16(24)14-5-3-4-13(2)10-14/h3-5,10,12H,6-9,11H2,1-2H3,(H,20,26)(H,21,23). The minimum Gasteiger partial charge on any atom is -0.452 e. The largest absolute Gasteiger partial charge is 0.452 e. The number of ether oxygens (including phenoxy) is 1. The van der Waals surface area contributed by atoms with E-state index in [1.807, 2.05) is 13.0 Å². The van der Waals surface area contributed by atoms with Crippen LogP contribution in [0.2, 0.25) is 0 Å². The molecule has 1 saturated heterocycles. The Kier molecular flexibility index (Phi) is 5.16. The molecule has 2 fully saturated rings. The predicted molar refractivity (Wildman–Crippen MR) is 95.3 cm³/mol. The second-order valence-corrected chi connectivity index (χ2v) is 7.32. The van der Waals surface area contributed by atoms with E-state index in [-0.39, 0.29) is 0 Å². The number of carbonyl (C=O) groups excluding carboxylic acids is 4. The number of benzene rings is 1. The number of rotatable bonds is 4. The molecular weight excluding hydrogens is 350 g/mol. The van der Waals surface area contributed by atoms with Crippen LogP contribution in [0.4, 0.5) is 4.79 Å². The molecule has 8 nitrogen and oxygen atoms in total. The molecule has 3 rings (SSSR count). The Bertz CT molecular complexity index is 783. The Labute approximate surface area is 157 Å². The Hall–Kier alpha value is -2.90. The lowest BCUT2D eigenvalue weighted by atomic mass is 9.77. The SMILES string of the molecule is Cc1cccc(C(=O)OCC(=O)NN2C(=O)NC3(CCC(C)CC3)C2=O)c1. The summed E-state index contributed by atoms with van der Waals surface area (Å²) in [5, 5.41) is 3.40. The fraction of sp³-hybridized carbons (Fsp3) is 0.474. The number of hydrogen-bond donors (Lipinski definition) is 2. The molecule has 1 saturated carbocycles. The van der Waals surface area contributed by atoms with E-state index in [0.29, 0.717) is 29.3 Å². The van der Waals surface area contributed by atoms with Gasteiger partial charge in [0.1, 0.15) is 5.54 Å². The van der Waals surface area contributed by atoms with Crippen molar-refractivity contribution in [3.05, 3.63) is 35.4 Å². The third-order valence-corrected chi connectivity index (χ3v) is 5.11. The van der Waals surface area contributed by atoms with Gasteiger partial charge in [-0.05, 0) is 50.7 Å². The van der Waals surface area contributed by atoms with E-state index in [1.165, 1.54) is 0 Å². The van der Waals surface area contributed by atoms with Gasteiger partial charge in [0.25, 0.3) is 11.8 Å². The maximum atomic E-state index is 12.7. The van der Waals surface area contributed by atoms with Crippen molar-refractivity contribution >= 4 is 23.8 Å². The summed E-state index contributed by atoms with van der Waals surface area (Å²) in [5.74, 6) is -1.35. The normalized spacial score (nSPS) is 24.7. The lowest BCUT2D eigenvalue weighted by molar-refractivity contribution is -0.141. The summed E-state index contributed by atoms with van der Waals surface area (Å²) in [6.45, 7) is 3.35. The molecule has 1 heterocycles. The minimum absolute atomic E-state index is 0.327. The van der Waals surface area contributed by atoms with E-state index >= 15 is 0 Å². The van der Waals surface area contributed by atoms with Gasteiger partial charge in [-0.2, -0.15) is 5.01 Å². The van der Waals surface area contributed by atoms with Crippen molar-refractivity contribution < 1.29 is 23.9 Å². The molecule has 1 aliphatic carbocycles. The van der Waals surface area contributed by atoms with Crippen LogP contribution < -0.4 is 10.7 Å². The summed E-state index contributed by atoms with van der Waals surface area (Å²) in [5.41, 5.74) is 2.52. The highest BCUT2D eigenvalue weighted by molar-refractivity contribution is 6.08. The van der Waals surface area contributed by atoms with E-state index in [4.69, 9.17) is 4.74 Å². The molecule has 1 aliphatic heterocycles. The highest BCUT2D eigenvalue weighted by atomic mass is 16.5. The minimum atomic E-state index is -0.935. The number of nitrogens with one attached hydrogen (secondary N) is 2. The van der Waals surface area contributed by atoms with E-state index in [9.17, 15) is 19.2 Å². The zero-order valence-electron chi connectivity index (χ0n) is 15.4. The van der Waals surface area contributed by atoms with Gasteiger partial charge in [0, 0.05) is 0 Å². The van der Waals surface area contributed by atoms with E-state index in [0.717, 1.165) is 18.4 Å². The molecule has 0 unspecified atom stereocenters. The van der Waals surface area contributed by atoms with E-state index in [2.05, 4.69) is 17.7 Å². The summed E-state index contributed by atoms with van der Waals surface area (Å²) < 4.78 is 4.96. The highest BCUT2D eigenvalue weighted by Crippen LogP contribution is 2.35. The molecule has 4 amide bonds. The lowest BCUT2D eigenvalue weighted by Gasteiger charge is -2.33. The molecule has 8 heteroatoms. The average molecular weight is 373 g/mol. The second-order valence-electron chi connectivity index (χ2n) is 7.32. The number of urea groups is 1. The van der Waals surface area contributed by atoms with Crippen LogP contribution in [0, 0.1) is 12.8 Å². The molecule has 0 atom stereocenters. The molecule has 27 heavy (non-hydrogen) atoms. The van der Waals surface area contributed by atoms with Gasteiger partial charge in [-0.1, -0.05) is 24.6 Å². The van der Waals surface area contributed by atoms with Crippen LogP contribution in [-0.4, -0.2) is 41.0 Å². The molecular formula is C19H23N3O5. The van der Waals surface area contributed by atoms with Crippen molar-refractivity contribution in [2.45, 2.75) is 45.1 Å². The first-order chi connectivity index (χ1) is 12.8. The van der Waals surface area contributed by atoms with Gasteiger partial charge in [0.15, 0.2) is 6.61 Å². The van der Waals surface area contributed by atoms with Crippen molar-refractivity contribution in [3.8, 4) is 0 Å². The number of hydrazine groups is 1. The topological polar surface area (TPSA) is 105 Å². The first-order valence-corrected chi connectivity index (χ1v) is 9.01. The van der Waals surface area contributed by atoms with Crippen LogP contribution in [0.3, 0.4) is 0 Å². The third kappa shape index (κ3) is 3.94. The van der Waals surface area contributed by atoms with Crippen LogP contribution >= 0.6 is 0 Å². The van der Waals surface area contributed by atoms with Gasteiger partial charge < -0.3 is 10.1 Å². The zero-order chi connectivity index (χ0) is 19.6. The molecule has 0 aromatic heterocycles. The summed E-state index contributed by atoms with van der Waals surface area (Å²) in [6, 6.07) is 6.12. The fourth-order valence-corrected chi connectivity index (χ4v) is 3.46. The van der Waals surface area contributed by atoms with Gasteiger partial charge >= 0.3 is 12.0 Å². The molecule has 2 aliphatic rings. The number of carbonyl (C=O) groups is 4. The first-order valence-electron chi connectivity index (χ1n) is 9.01. The predicted octanol–water partition coefficient (Wildman–Crippen LogP) is 1.68. The van der Waals surface area contributed by atoms with Gasteiger partial charge in [-0.15, -0.1) is 0 Å². The van der Waals surface area contributed by atoms with Gasteiger partial charge in [-0.3, -0.25) is 15.0 Å². The van der Waals surface area contributed by atoms with Crippen molar-refractivity contribution in [2.75, 3.05) is 6.61 Å². The fourth-order valence-electron chi connectivity index (χ4n) is 3.46. The molecule has 144 valence electrons. The second kappa shape index (κ2) is 7.38. The summed E-state index contributed by atoms with van der Waals surface area (Å²) in [6.07, 6.45) is 2.77. The molecule has 1 aromatic carbocycles. The van der Waals surface area contributed by atoms with Crippen LogP contribution in [-0.2, 0) is 14.3 Å². The van der Waals surface area contributed by atoms with E-state index in [1.54, 1.807) is 18.2 Å². The summed E-state index contributed by atoms with van der Waals surface area (Å²) in [7, 11) is 0. The first kappa shape index (κ1) is 18.9. The third-order valence-electron chi connectivity index (χ3n) is 5.11. The van der Waals surface area contributed by atoms with Crippen LogP contribution in [0.1, 0.15) is 48.5 Å².